The van der Waals surface area contributed by atoms with E-state index < -0.39 is 0 Å². The Balaban J connectivity index is 2.49. The van der Waals surface area contributed by atoms with Crippen LogP contribution in [0.2, 0.25) is 5.15 Å². The second kappa shape index (κ2) is 3.22. The van der Waals surface area contributed by atoms with E-state index in [4.69, 9.17) is 11.6 Å². The fraction of sp³-hybridized carbons (Fsp3) is 0.143. The zero-order chi connectivity index (χ0) is 10.1. The number of hydrogen-bond donors (Lipinski definition) is 0. The summed E-state index contributed by atoms with van der Waals surface area (Å²) in [6.45, 7) is 1.72. The molecule has 72 valence electrons. The molecule has 0 N–H and O–H groups in total. The summed E-state index contributed by atoms with van der Waals surface area (Å²) in [6, 6.07) is 3.11. The van der Waals surface area contributed by atoms with Gasteiger partial charge in [0.15, 0.2) is 11.3 Å². The second-order valence-electron chi connectivity index (χ2n) is 2.68. The predicted octanol–water partition coefficient (Wildman–Crippen LogP) is 0.258. The molecule has 0 bridgehead atoms. The first-order valence-electron chi connectivity index (χ1n) is 3.82. The lowest BCUT2D eigenvalue weighted by Crippen LogP contribution is -2.36. The van der Waals surface area contributed by atoms with Crippen LogP contribution < -0.4 is 4.85 Å². The van der Waals surface area contributed by atoms with Gasteiger partial charge in [-0.3, -0.25) is 0 Å². The Morgan fingerprint density at radius 3 is 2.71 bits per heavy atom. The lowest BCUT2D eigenvalue weighted by molar-refractivity contribution is -0.689. The van der Waals surface area contributed by atoms with Crippen molar-refractivity contribution in [3.05, 3.63) is 34.4 Å². The van der Waals surface area contributed by atoms with E-state index >= 15 is 0 Å². The fourth-order valence-electron chi connectivity index (χ4n) is 1.00. The Bertz CT molecular complexity index is 452. The van der Waals surface area contributed by atoms with Crippen LogP contribution >= 0.6 is 11.6 Å². The summed E-state index contributed by atoms with van der Waals surface area (Å²) < 4.78 is 0. The minimum atomic E-state index is 0.273. The van der Waals surface area contributed by atoms with Crippen molar-refractivity contribution < 1.29 is 4.85 Å². The van der Waals surface area contributed by atoms with Crippen molar-refractivity contribution in [1.82, 2.24) is 20.1 Å². The molecule has 0 aromatic carbocycles. The molecule has 0 spiro atoms. The van der Waals surface area contributed by atoms with Gasteiger partial charge in [0.05, 0.1) is 0 Å². The van der Waals surface area contributed by atoms with E-state index in [-0.39, 0.29) is 5.15 Å². The summed E-state index contributed by atoms with van der Waals surface area (Å²) in [5.41, 5.74) is 0.608. The van der Waals surface area contributed by atoms with Gasteiger partial charge in [-0.2, -0.15) is 4.85 Å². The van der Waals surface area contributed by atoms with Crippen molar-refractivity contribution in [1.29, 1.82) is 0 Å². The van der Waals surface area contributed by atoms with Crippen LogP contribution in [0.1, 0.15) is 5.69 Å². The first-order valence-corrected chi connectivity index (χ1v) is 4.20. The minimum absolute atomic E-state index is 0.273. The Hall–Kier alpha value is -1.69. The van der Waals surface area contributed by atoms with Crippen LogP contribution in [-0.2, 0) is 0 Å². The third kappa shape index (κ3) is 1.51. The maximum Gasteiger partial charge on any atom is 0.238 e. The molecular weight excluding hydrogens is 206 g/mol. The molecule has 0 saturated heterocycles. The van der Waals surface area contributed by atoms with Crippen LogP contribution in [0.3, 0.4) is 0 Å². The number of nitrogens with zero attached hydrogens (tertiary/aromatic N) is 5. The van der Waals surface area contributed by atoms with Crippen molar-refractivity contribution in [2.45, 2.75) is 6.92 Å². The van der Waals surface area contributed by atoms with Crippen molar-refractivity contribution in [3.63, 3.8) is 0 Å². The van der Waals surface area contributed by atoms with Crippen molar-refractivity contribution in [2.24, 2.45) is 0 Å². The fourth-order valence-corrected chi connectivity index (χ4v) is 1.10. The van der Waals surface area contributed by atoms with E-state index in [1.54, 1.807) is 19.1 Å². The lowest BCUT2D eigenvalue weighted by Gasteiger charge is -1.99. The number of aryl methyl sites for hydroxylation is 1. The zero-order valence-electron chi connectivity index (χ0n) is 7.25. The van der Waals surface area contributed by atoms with Crippen LogP contribution in [0.25, 0.3) is 5.82 Å². The molecule has 6 nitrogen and oxygen atoms in total. The number of aromatic nitrogens is 5. The maximum atomic E-state index is 11.2. The third-order valence-electron chi connectivity index (χ3n) is 1.56. The minimum Gasteiger partial charge on any atom is -0.692 e. The topological polar surface area (TPSA) is 70.5 Å². The van der Waals surface area contributed by atoms with Gasteiger partial charge in [-0.25, -0.2) is 0 Å². The standard InChI is InChI=1S/C7H6ClN5O/c1-5-4-12(14)13(11-5)7-3-2-6(8)9-10-7/h2-4H,1H3. The lowest BCUT2D eigenvalue weighted by atomic mass is 10.5. The summed E-state index contributed by atoms with van der Waals surface area (Å²) in [5.74, 6) is 0.331. The molecule has 0 unspecified atom stereocenters. The molecule has 0 fully saturated rings. The Labute approximate surface area is 84.3 Å². The summed E-state index contributed by atoms with van der Waals surface area (Å²) in [5, 5.41) is 22.8. The molecule has 0 aliphatic rings. The predicted molar refractivity (Wildman–Crippen MR) is 47.9 cm³/mol. The molecule has 0 amide bonds. The van der Waals surface area contributed by atoms with E-state index in [1.165, 1.54) is 6.20 Å². The summed E-state index contributed by atoms with van der Waals surface area (Å²) >= 11 is 5.56. The summed E-state index contributed by atoms with van der Waals surface area (Å²) in [6.07, 6.45) is 1.34. The van der Waals surface area contributed by atoms with E-state index in [0.717, 1.165) is 4.80 Å². The molecule has 0 atom stereocenters. The van der Waals surface area contributed by atoms with Crippen molar-refractivity contribution in [3.8, 4) is 5.82 Å². The summed E-state index contributed by atoms with van der Waals surface area (Å²) in [4.78, 5) is 1.67. The van der Waals surface area contributed by atoms with Crippen LogP contribution in [0, 0.1) is 12.1 Å². The summed E-state index contributed by atoms with van der Waals surface area (Å²) in [7, 11) is 0. The third-order valence-corrected chi connectivity index (χ3v) is 1.76. The number of hydrogen-bond acceptors (Lipinski definition) is 4. The van der Waals surface area contributed by atoms with Gasteiger partial charge in [-0.05, 0) is 12.1 Å². The molecular formula is C7H6ClN5O. The van der Waals surface area contributed by atoms with E-state index in [9.17, 15) is 5.21 Å². The maximum absolute atomic E-state index is 11.2. The smallest absolute Gasteiger partial charge is 0.238 e. The molecule has 14 heavy (non-hydrogen) atoms. The van der Waals surface area contributed by atoms with Gasteiger partial charge in [0.2, 0.25) is 11.5 Å². The largest absolute Gasteiger partial charge is 0.692 e. The van der Waals surface area contributed by atoms with E-state index in [0.29, 0.717) is 16.4 Å². The Morgan fingerprint density at radius 1 is 1.43 bits per heavy atom. The average Bonchev–Trinajstić information content (AvgIpc) is 2.47. The molecule has 2 aromatic heterocycles. The van der Waals surface area contributed by atoms with Gasteiger partial charge in [0.25, 0.3) is 0 Å². The van der Waals surface area contributed by atoms with E-state index in [2.05, 4.69) is 15.3 Å². The van der Waals surface area contributed by atoms with Gasteiger partial charge in [0.1, 0.15) is 0 Å². The Kier molecular flexibility index (Phi) is 2.05. The molecule has 0 radical (unpaired) electrons. The highest BCUT2D eigenvalue weighted by Gasteiger charge is 2.11. The van der Waals surface area contributed by atoms with Crippen LogP contribution in [0.5, 0.6) is 0 Å². The van der Waals surface area contributed by atoms with Gasteiger partial charge < -0.3 is 5.21 Å². The monoisotopic (exact) mass is 211 g/mol. The quantitative estimate of drug-likeness (QED) is 0.501. The molecule has 2 heterocycles. The van der Waals surface area contributed by atoms with Gasteiger partial charge in [-0.1, -0.05) is 11.6 Å². The second-order valence-corrected chi connectivity index (χ2v) is 3.06. The highest BCUT2D eigenvalue weighted by atomic mass is 35.5. The van der Waals surface area contributed by atoms with Crippen molar-refractivity contribution >= 4 is 11.6 Å². The zero-order valence-corrected chi connectivity index (χ0v) is 8.01. The molecule has 7 heteroatoms. The Morgan fingerprint density at radius 2 is 2.21 bits per heavy atom. The average molecular weight is 212 g/mol. The van der Waals surface area contributed by atoms with Crippen LogP contribution in [0.4, 0.5) is 0 Å². The van der Waals surface area contributed by atoms with Gasteiger partial charge in [-0.15, -0.1) is 10.2 Å². The van der Waals surface area contributed by atoms with Gasteiger partial charge >= 0.3 is 0 Å². The SMILES string of the molecule is Cc1c[n+]([O-])n(-c2ccc(Cl)nn2)n1. The molecule has 2 aromatic rings. The first-order chi connectivity index (χ1) is 6.66. The van der Waals surface area contributed by atoms with Crippen LogP contribution in [0.15, 0.2) is 18.3 Å². The molecule has 0 aliphatic carbocycles. The first kappa shape index (κ1) is 8.89. The number of halogens is 1. The number of rotatable bonds is 1. The normalized spacial score (nSPS) is 10.4. The highest BCUT2D eigenvalue weighted by Crippen LogP contribution is 2.04. The van der Waals surface area contributed by atoms with Crippen LogP contribution in [-0.4, -0.2) is 20.1 Å². The molecule has 0 saturated carbocycles. The molecule has 0 aliphatic heterocycles. The molecule has 2 rings (SSSR count). The van der Waals surface area contributed by atoms with E-state index in [1.807, 2.05) is 0 Å². The highest BCUT2D eigenvalue weighted by molar-refractivity contribution is 6.29. The van der Waals surface area contributed by atoms with Gasteiger partial charge in [0, 0.05) is 16.8 Å². The van der Waals surface area contributed by atoms with Crippen molar-refractivity contribution in [2.75, 3.05) is 0 Å².